The predicted octanol–water partition coefficient (Wildman–Crippen LogP) is 3.61. The Bertz CT molecular complexity index is 854. The van der Waals surface area contributed by atoms with Crippen molar-refractivity contribution in [1.82, 2.24) is 10.2 Å². The molecule has 5 nitrogen and oxygen atoms in total. The Kier molecular flexibility index (Phi) is 6.82. The van der Waals surface area contributed by atoms with E-state index in [4.69, 9.17) is 11.6 Å². The van der Waals surface area contributed by atoms with Crippen molar-refractivity contribution < 1.29 is 14.4 Å². The maximum absolute atomic E-state index is 12.6. The highest BCUT2D eigenvalue weighted by molar-refractivity contribution is 6.31. The lowest BCUT2D eigenvalue weighted by Crippen LogP contribution is -2.45. The van der Waals surface area contributed by atoms with Crippen molar-refractivity contribution in [2.45, 2.75) is 38.3 Å². The summed E-state index contributed by atoms with van der Waals surface area (Å²) in [5, 5.41) is 3.40. The monoisotopic (exact) mass is 398 g/mol. The molecular formula is C22H23ClN2O3. The van der Waals surface area contributed by atoms with Gasteiger partial charge in [0.1, 0.15) is 6.04 Å². The molecule has 2 aromatic rings. The van der Waals surface area contributed by atoms with Crippen molar-refractivity contribution >= 4 is 29.2 Å². The highest BCUT2D eigenvalue weighted by atomic mass is 35.5. The molecule has 0 saturated carbocycles. The molecule has 2 amide bonds. The predicted molar refractivity (Wildman–Crippen MR) is 108 cm³/mol. The molecule has 146 valence electrons. The Hall–Kier alpha value is -2.66. The molecule has 1 unspecified atom stereocenters. The van der Waals surface area contributed by atoms with E-state index in [1.165, 1.54) is 0 Å². The van der Waals surface area contributed by atoms with Crippen LogP contribution in [0.3, 0.4) is 0 Å². The lowest BCUT2D eigenvalue weighted by atomic mass is 10.1. The lowest BCUT2D eigenvalue weighted by Gasteiger charge is -2.24. The van der Waals surface area contributed by atoms with Gasteiger partial charge in [0.2, 0.25) is 11.8 Å². The average molecular weight is 399 g/mol. The van der Waals surface area contributed by atoms with Gasteiger partial charge in [-0.2, -0.15) is 0 Å². The van der Waals surface area contributed by atoms with E-state index in [1.54, 1.807) is 29.2 Å². The second kappa shape index (κ2) is 9.51. The van der Waals surface area contributed by atoms with Gasteiger partial charge < -0.3 is 10.2 Å². The van der Waals surface area contributed by atoms with E-state index in [0.717, 1.165) is 12.0 Å². The molecule has 0 spiro atoms. The smallest absolute Gasteiger partial charge is 0.243 e. The topological polar surface area (TPSA) is 66.5 Å². The first-order valence-corrected chi connectivity index (χ1v) is 9.82. The first kappa shape index (κ1) is 20.1. The number of carbonyl (C=O) groups excluding carboxylic acids is 3. The van der Waals surface area contributed by atoms with Crippen LogP contribution >= 0.6 is 11.6 Å². The van der Waals surface area contributed by atoms with Crippen molar-refractivity contribution in [3.8, 4) is 0 Å². The molecule has 1 aliphatic rings. The summed E-state index contributed by atoms with van der Waals surface area (Å²) in [5.74, 6) is -0.427. The van der Waals surface area contributed by atoms with Gasteiger partial charge in [0.25, 0.3) is 0 Å². The molecule has 1 N–H and O–H groups in total. The summed E-state index contributed by atoms with van der Waals surface area (Å²) in [6.07, 6.45) is 1.63. The summed E-state index contributed by atoms with van der Waals surface area (Å²) in [6, 6.07) is 15.9. The number of ketones is 1. The zero-order chi connectivity index (χ0) is 19.9. The van der Waals surface area contributed by atoms with Gasteiger partial charge in [-0.3, -0.25) is 14.4 Å². The largest absolute Gasteiger partial charge is 0.350 e. The van der Waals surface area contributed by atoms with Crippen LogP contribution < -0.4 is 5.32 Å². The van der Waals surface area contributed by atoms with Crippen molar-refractivity contribution in [3.05, 3.63) is 70.7 Å². The molecule has 1 aliphatic heterocycles. The lowest BCUT2D eigenvalue weighted by molar-refractivity contribution is -0.138. The molecule has 0 aliphatic carbocycles. The Morgan fingerprint density at radius 1 is 1.04 bits per heavy atom. The molecule has 2 aromatic carbocycles. The van der Waals surface area contributed by atoms with Gasteiger partial charge in [0, 0.05) is 36.5 Å². The standard InChI is InChI=1S/C22H23ClN2O3/c23-18-9-4-8-17(14-18)20(26)11-12-21(27)25-13-5-10-19(25)22(28)24-15-16-6-2-1-3-7-16/h1-4,6-9,14,19H,5,10-13,15H2,(H,24,28). The third-order valence-corrected chi connectivity index (χ3v) is 5.13. The minimum atomic E-state index is -0.461. The van der Waals surface area contributed by atoms with E-state index in [9.17, 15) is 14.4 Å². The third-order valence-electron chi connectivity index (χ3n) is 4.90. The van der Waals surface area contributed by atoms with E-state index in [0.29, 0.717) is 30.1 Å². The number of benzene rings is 2. The summed E-state index contributed by atoms with van der Waals surface area (Å²) in [4.78, 5) is 39.0. The van der Waals surface area contributed by atoms with Crippen LogP contribution in [0, 0.1) is 0 Å². The van der Waals surface area contributed by atoms with Crippen LogP contribution in [0.25, 0.3) is 0 Å². The van der Waals surface area contributed by atoms with Crippen LogP contribution in [-0.2, 0) is 16.1 Å². The van der Waals surface area contributed by atoms with E-state index in [2.05, 4.69) is 5.32 Å². The average Bonchev–Trinajstić information content (AvgIpc) is 3.21. The summed E-state index contributed by atoms with van der Waals surface area (Å²) in [6.45, 7) is 0.985. The molecular weight excluding hydrogens is 376 g/mol. The minimum absolute atomic E-state index is 0.0911. The SMILES string of the molecule is O=C(CCC(=O)N1CCCC1C(=O)NCc1ccccc1)c1cccc(Cl)c1. The van der Waals surface area contributed by atoms with E-state index in [1.807, 2.05) is 30.3 Å². The Morgan fingerprint density at radius 2 is 1.82 bits per heavy atom. The van der Waals surface area contributed by atoms with Gasteiger partial charge in [-0.05, 0) is 30.5 Å². The molecule has 3 rings (SSSR count). The molecule has 0 bridgehead atoms. The molecule has 1 fully saturated rings. The molecule has 28 heavy (non-hydrogen) atoms. The second-order valence-corrected chi connectivity index (χ2v) is 7.32. The normalized spacial score (nSPS) is 16.0. The van der Waals surface area contributed by atoms with E-state index >= 15 is 0 Å². The van der Waals surface area contributed by atoms with E-state index < -0.39 is 6.04 Å². The van der Waals surface area contributed by atoms with Gasteiger partial charge in [-0.1, -0.05) is 54.1 Å². The number of Topliss-reactive ketones (excluding diaryl/α,β-unsaturated/α-hetero) is 1. The number of amides is 2. The van der Waals surface area contributed by atoms with Crippen LogP contribution in [0.5, 0.6) is 0 Å². The summed E-state index contributed by atoms with van der Waals surface area (Å²) in [5.41, 5.74) is 1.51. The molecule has 1 atom stereocenters. The van der Waals surface area contributed by atoms with Gasteiger partial charge in [0.15, 0.2) is 5.78 Å². The van der Waals surface area contributed by atoms with Gasteiger partial charge in [0.05, 0.1) is 0 Å². The number of rotatable bonds is 7. The number of halogens is 1. The van der Waals surface area contributed by atoms with Crippen molar-refractivity contribution in [2.24, 2.45) is 0 Å². The van der Waals surface area contributed by atoms with Crippen molar-refractivity contribution in [1.29, 1.82) is 0 Å². The quantitative estimate of drug-likeness (QED) is 0.724. The van der Waals surface area contributed by atoms with Crippen LogP contribution in [0.4, 0.5) is 0 Å². The van der Waals surface area contributed by atoms with Gasteiger partial charge in [-0.15, -0.1) is 0 Å². The molecule has 1 saturated heterocycles. The number of hydrogen-bond donors (Lipinski definition) is 1. The highest BCUT2D eigenvalue weighted by Gasteiger charge is 2.33. The number of likely N-dealkylation sites (tertiary alicyclic amines) is 1. The maximum atomic E-state index is 12.6. The fourth-order valence-corrected chi connectivity index (χ4v) is 3.60. The van der Waals surface area contributed by atoms with Gasteiger partial charge in [-0.25, -0.2) is 0 Å². The third kappa shape index (κ3) is 5.20. The van der Waals surface area contributed by atoms with Gasteiger partial charge >= 0.3 is 0 Å². The number of nitrogens with zero attached hydrogens (tertiary/aromatic N) is 1. The van der Waals surface area contributed by atoms with Crippen LogP contribution in [0.15, 0.2) is 54.6 Å². The number of hydrogen-bond acceptors (Lipinski definition) is 3. The minimum Gasteiger partial charge on any atom is -0.350 e. The fourth-order valence-electron chi connectivity index (χ4n) is 3.41. The molecule has 6 heteroatoms. The Balaban J connectivity index is 1.52. The Labute approximate surface area is 169 Å². The van der Waals surface area contributed by atoms with E-state index in [-0.39, 0.29) is 30.4 Å². The zero-order valence-corrected chi connectivity index (χ0v) is 16.3. The molecule has 0 aromatic heterocycles. The summed E-state index contributed by atoms with van der Waals surface area (Å²) < 4.78 is 0. The second-order valence-electron chi connectivity index (χ2n) is 6.88. The first-order valence-electron chi connectivity index (χ1n) is 9.44. The van der Waals surface area contributed by atoms with Crippen LogP contribution in [0.1, 0.15) is 41.6 Å². The maximum Gasteiger partial charge on any atom is 0.243 e. The summed E-state index contributed by atoms with van der Waals surface area (Å²) >= 11 is 5.91. The fraction of sp³-hybridized carbons (Fsp3) is 0.318. The van der Waals surface area contributed by atoms with Crippen LogP contribution in [-0.4, -0.2) is 35.1 Å². The highest BCUT2D eigenvalue weighted by Crippen LogP contribution is 2.20. The van der Waals surface area contributed by atoms with Crippen LogP contribution in [0.2, 0.25) is 5.02 Å². The van der Waals surface area contributed by atoms with Crippen molar-refractivity contribution in [3.63, 3.8) is 0 Å². The zero-order valence-electron chi connectivity index (χ0n) is 15.6. The van der Waals surface area contributed by atoms with Crippen molar-refractivity contribution in [2.75, 3.05) is 6.54 Å². The Morgan fingerprint density at radius 3 is 2.57 bits per heavy atom. The molecule has 1 heterocycles. The number of nitrogens with one attached hydrogen (secondary N) is 1. The first-order chi connectivity index (χ1) is 13.5. The summed E-state index contributed by atoms with van der Waals surface area (Å²) in [7, 11) is 0. The number of carbonyl (C=O) groups is 3. The molecule has 0 radical (unpaired) electrons.